The van der Waals surface area contributed by atoms with E-state index >= 15 is 0 Å². The van der Waals surface area contributed by atoms with E-state index in [4.69, 9.17) is 21.1 Å². The van der Waals surface area contributed by atoms with Gasteiger partial charge in [0, 0.05) is 69.4 Å². The Hall–Kier alpha value is -2.75. The van der Waals surface area contributed by atoms with Crippen molar-refractivity contribution in [3.8, 4) is 11.7 Å². The van der Waals surface area contributed by atoms with E-state index in [2.05, 4.69) is 34.5 Å². The molecular formula is C23H28ClN7O2. The minimum Gasteiger partial charge on any atom is -0.460 e. The van der Waals surface area contributed by atoms with Gasteiger partial charge in [-0.25, -0.2) is 9.97 Å². The van der Waals surface area contributed by atoms with Gasteiger partial charge in [-0.2, -0.15) is 0 Å². The molecule has 0 amide bonds. The molecular weight excluding hydrogens is 442 g/mol. The average molecular weight is 470 g/mol. The highest BCUT2D eigenvalue weighted by Crippen LogP contribution is 2.26. The third-order valence-electron chi connectivity index (χ3n) is 6.09. The van der Waals surface area contributed by atoms with Crippen LogP contribution in [0.2, 0.25) is 5.02 Å². The molecule has 0 unspecified atom stereocenters. The fourth-order valence-electron chi connectivity index (χ4n) is 4.28. The summed E-state index contributed by atoms with van der Waals surface area (Å²) < 4.78 is 13.6. The summed E-state index contributed by atoms with van der Waals surface area (Å²) in [5.41, 5.74) is 1.02. The van der Waals surface area contributed by atoms with Gasteiger partial charge in [0.25, 0.3) is 0 Å². The van der Waals surface area contributed by atoms with Gasteiger partial charge in [0.2, 0.25) is 5.95 Å². The molecule has 2 fully saturated rings. The second-order valence-electron chi connectivity index (χ2n) is 8.27. The van der Waals surface area contributed by atoms with Crippen LogP contribution in [-0.4, -0.2) is 81.7 Å². The smallest absolute Gasteiger partial charge is 0.316 e. The molecule has 0 bridgehead atoms. The maximum absolute atomic E-state index is 6.15. The highest BCUT2D eigenvalue weighted by Gasteiger charge is 2.26. The molecule has 2 aliphatic rings. The molecule has 2 aromatic heterocycles. The summed E-state index contributed by atoms with van der Waals surface area (Å²) in [7, 11) is 0. The summed E-state index contributed by atoms with van der Waals surface area (Å²) in [5, 5.41) is 9.91. The predicted molar refractivity (Wildman–Crippen MR) is 125 cm³/mol. The quantitative estimate of drug-likeness (QED) is 0.522. The molecule has 4 heterocycles. The average Bonchev–Trinajstić information content (AvgIpc) is 3.29. The number of ether oxygens (including phenoxy) is 2. The van der Waals surface area contributed by atoms with Gasteiger partial charge in [-0.1, -0.05) is 11.6 Å². The summed E-state index contributed by atoms with van der Waals surface area (Å²) in [5.74, 6) is 1.82. The number of hydrogen-bond acceptors (Lipinski definition) is 8. The van der Waals surface area contributed by atoms with Crippen LogP contribution in [0.5, 0.6) is 6.01 Å². The number of benzene rings is 1. The lowest BCUT2D eigenvalue weighted by Gasteiger charge is -2.32. The number of halogens is 1. The van der Waals surface area contributed by atoms with Crippen LogP contribution in [0.3, 0.4) is 0 Å². The molecule has 9 nitrogen and oxygen atoms in total. The van der Waals surface area contributed by atoms with Crippen molar-refractivity contribution < 1.29 is 9.47 Å². The molecule has 0 atom stereocenters. The number of rotatable bonds is 7. The van der Waals surface area contributed by atoms with E-state index in [1.54, 1.807) is 18.5 Å². The lowest BCUT2D eigenvalue weighted by atomic mass is 10.1. The molecule has 33 heavy (non-hydrogen) atoms. The number of anilines is 1. The third kappa shape index (κ3) is 5.43. The van der Waals surface area contributed by atoms with Crippen molar-refractivity contribution in [3.05, 3.63) is 53.6 Å². The van der Waals surface area contributed by atoms with Gasteiger partial charge in [0.05, 0.1) is 18.9 Å². The largest absolute Gasteiger partial charge is 0.460 e. The maximum Gasteiger partial charge on any atom is 0.316 e. The Morgan fingerprint density at radius 2 is 1.70 bits per heavy atom. The number of nitrogens with zero attached hydrogens (tertiary/aromatic N) is 7. The van der Waals surface area contributed by atoms with E-state index in [-0.39, 0.29) is 6.10 Å². The number of piperidine rings is 1. The number of aromatic nitrogens is 5. The monoisotopic (exact) mass is 469 g/mol. The minimum absolute atomic E-state index is 0.0938. The first-order valence-corrected chi connectivity index (χ1v) is 11.8. The van der Waals surface area contributed by atoms with Gasteiger partial charge in [0.1, 0.15) is 11.9 Å². The molecule has 174 valence electrons. The van der Waals surface area contributed by atoms with E-state index in [1.807, 2.05) is 24.3 Å². The van der Waals surface area contributed by atoms with Crippen molar-refractivity contribution in [2.75, 3.05) is 50.8 Å². The standard InChI is InChI=1S/C23H28ClN7O2/c24-18-2-4-19(5-3-18)31-21(8-11-29-14-16-32-17-15-29)27-28-23(31)30-12-6-20(7-13-30)33-22-25-9-1-10-26-22/h1-5,9-10,20H,6-8,11-17H2. The number of morpholine rings is 1. The van der Waals surface area contributed by atoms with Crippen molar-refractivity contribution in [1.29, 1.82) is 0 Å². The molecule has 10 heteroatoms. The third-order valence-corrected chi connectivity index (χ3v) is 6.34. The Morgan fingerprint density at radius 1 is 0.970 bits per heavy atom. The van der Waals surface area contributed by atoms with E-state index in [0.29, 0.717) is 11.0 Å². The summed E-state index contributed by atoms with van der Waals surface area (Å²) in [6.45, 7) is 6.09. The lowest BCUT2D eigenvalue weighted by Crippen LogP contribution is -2.40. The van der Waals surface area contributed by atoms with E-state index in [1.165, 1.54) is 0 Å². The Kier molecular flexibility index (Phi) is 6.99. The zero-order valence-corrected chi connectivity index (χ0v) is 19.3. The molecule has 1 aromatic carbocycles. The van der Waals surface area contributed by atoms with Gasteiger partial charge < -0.3 is 14.4 Å². The Morgan fingerprint density at radius 3 is 2.42 bits per heavy atom. The van der Waals surface area contributed by atoms with Crippen molar-refractivity contribution in [1.82, 2.24) is 29.6 Å². The van der Waals surface area contributed by atoms with E-state index < -0.39 is 0 Å². The molecule has 3 aromatic rings. The maximum atomic E-state index is 6.15. The zero-order valence-electron chi connectivity index (χ0n) is 18.5. The van der Waals surface area contributed by atoms with Crippen molar-refractivity contribution in [2.45, 2.75) is 25.4 Å². The predicted octanol–water partition coefficient (Wildman–Crippen LogP) is 2.63. The van der Waals surface area contributed by atoms with Gasteiger partial charge >= 0.3 is 6.01 Å². The Labute approximate surface area is 198 Å². The van der Waals surface area contributed by atoms with Crippen LogP contribution in [0.1, 0.15) is 18.7 Å². The first-order valence-electron chi connectivity index (χ1n) is 11.5. The second-order valence-corrected chi connectivity index (χ2v) is 8.70. The molecule has 0 radical (unpaired) electrons. The van der Waals surface area contributed by atoms with Crippen LogP contribution in [0, 0.1) is 0 Å². The van der Waals surface area contributed by atoms with Crippen LogP contribution in [0.25, 0.3) is 5.69 Å². The summed E-state index contributed by atoms with van der Waals surface area (Å²) >= 11 is 6.15. The van der Waals surface area contributed by atoms with Gasteiger partial charge in [-0.05, 0) is 30.3 Å². The number of hydrogen-bond donors (Lipinski definition) is 0. The Bertz CT molecular complexity index is 1020. The van der Waals surface area contributed by atoms with Crippen LogP contribution in [-0.2, 0) is 11.2 Å². The first kappa shape index (κ1) is 22.1. The molecule has 0 aliphatic carbocycles. The summed E-state index contributed by atoms with van der Waals surface area (Å²) in [6, 6.07) is 10.1. The SMILES string of the molecule is Clc1ccc(-n2c(CCN3CCOCC3)nnc2N2CCC(Oc3ncccn3)CC2)cc1. The molecule has 0 saturated carbocycles. The van der Waals surface area contributed by atoms with Gasteiger partial charge in [-0.3, -0.25) is 9.47 Å². The van der Waals surface area contributed by atoms with Crippen LogP contribution >= 0.6 is 11.6 Å². The molecule has 0 spiro atoms. The van der Waals surface area contributed by atoms with Crippen molar-refractivity contribution in [3.63, 3.8) is 0 Å². The van der Waals surface area contributed by atoms with Gasteiger partial charge in [-0.15, -0.1) is 10.2 Å². The highest BCUT2D eigenvalue weighted by molar-refractivity contribution is 6.30. The molecule has 0 N–H and O–H groups in total. The van der Waals surface area contributed by atoms with Crippen LogP contribution in [0.15, 0.2) is 42.7 Å². The minimum atomic E-state index is 0.0938. The fourth-order valence-corrected chi connectivity index (χ4v) is 4.41. The highest BCUT2D eigenvalue weighted by atomic mass is 35.5. The molecule has 5 rings (SSSR count). The van der Waals surface area contributed by atoms with Crippen molar-refractivity contribution in [2.24, 2.45) is 0 Å². The molecule has 2 aliphatic heterocycles. The zero-order chi connectivity index (χ0) is 22.5. The van der Waals surface area contributed by atoms with Crippen LogP contribution in [0.4, 0.5) is 5.95 Å². The summed E-state index contributed by atoms with van der Waals surface area (Å²) in [6.07, 6.45) is 6.05. The summed E-state index contributed by atoms with van der Waals surface area (Å²) in [4.78, 5) is 13.1. The second kappa shape index (κ2) is 10.5. The lowest BCUT2D eigenvalue weighted by molar-refractivity contribution is 0.0382. The first-order chi connectivity index (χ1) is 16.3. The van der Waals surface area contributed by atoms with Gasteiger partial charge in [0.15, 0.2) is 0 Å². The Balaban J connectivity index is 1.31. The van der Waals surface area contributed by atoms with E-state index in [9.17, 15) is 0 Å². The van der Waals surface area contributed by atoms with E-state index in [0.717, 1.165) is 82.7 Å². The normalized spacial score (nSPS) is 17.9. The van der Waals surface area contributed by atoms with Crippen LogP contribution < -0.4 is 9.64 Å². The fraction of sp³-hybridized carbons (Fsp3) is 0.478. The molecule has 2 saturated heterocycles. The topological polar surface area (TPSA) is 81.4 Å². The van der Waals surface area contributed by atoms with Crippen molar-refractivity contribution >= 4 is 17.5 Å².